The zero-order valence-electron chi connectivity index (χ0n) is 11.1. The average Bonchev–Trinajstić information content (AvgIpc) is 2.90. The second-order valence-corrected chi connectivity index (χ2v) is 5.63. The van der Waals surface area contributed by atoms with Crippen molar-refractivity contribution >= 4 is 23.5 Å². The van der Waals surface area contributed by atoms with Crippen LogP contribution in [0.25, 0.3) is 0 Å². The highest BCUT2D eigenvalue weighted by Gasteiger charge is 2.41. The number of rotatable bonds is 4. The lowest BCUT2D eigenvalue weighted by Crippen LogP contribution is -2.41. The van der Waals surface area contributed by atoms with Crippen molar-refractivity contribution < 1.29 is 23.5 Å². The van der Waals surface area contributed by atoms with Crippen LogP contribution in [0.5, 0.6) is 0 Å². The van der Waals surface area contributed by atoms with Gasteiger partial charge >= 0.3 is 5.97 Å². The first kappa shape index (κ1) is 15.7. The van der Waals surface area contributed by atoms with E-state index in [1.54, 1.807) is 0 Å². The first-order chi connectivity index (χ1) is 9.85. The minimum Gasteiger partial charge on any atom is -0.481 e. The molecule has 1 aromatic rings. The molecular weight excluding hydrogens is 304 g/mol. The number of benzene rings is 1. The fraction of sp³-hybridized carbons (Fsp3) is 0.429. The minimum absolute atomic E-state index is 0.0590. The topological polar surface area (TPSA) is 66.4 Å². The highest BCUT2D eigenvalue weighted by Crippen LogP contribution is 2.37. The van der Waals surface area contributed by atoms with Crippen LogP contribution in [0.3, 0.4) is 0 Å². The Kier molecular flexibility index (Phi) is 4.46. The van der Waals surface area contributed by atoms with E-state index >= 15 is 0 Å². The van der Waals surface area contributed by atoms with Crippen LogP contribution < -0.4 is 5.32 Å². The molecular formula is C14H14ClF2NO3. The molecule has 1 saturated carbocycles. The third-order valence-corrected chi connectivity index (χ3v) is 4.17. The zero-order valence-corrected chi connectivity index (χ0v) is 11.8. The summed E-state index contributed by atoms with van der Waals surface area (Å²) in [5.74, 6) is -4.00. The molecule has 0 heterocycles. The molecule has 7 heteroatoms. The minimum atomic E-state index is -1.18. The molecule has 0 atom stereocenters. The first-order valence-corrected chi connectivity index (χ1v) is 6.90. The Bertz CT molecular complexity index is 586. The van der Waals surface area contributed by atoms with Crippen molar-refractivity contribution in [3.05, 3.63) is 34.4 Å². The number of carbonyl (C=O) groups is 2. The van der Waals surface area contributed by atoms with E-state index in [-0.39, 0.29) is 17.1 Å². The predicted octanol–water partition coefficient (Wildman–Crippen LogP) is 2.99. The van der Waals surface area contributed by atoms with Gasteiger partial charge in [-0.25, -0.2) is 8.78 Å². The van der Waals surface area contributed by atoms with Crippen LogP contribution in [0.15, 0.2) is 12.1 Å². The van der Waals surface area contributed by atoms with E-state index in [1.165, 1.54) is 0 Å². The molecule has 1 aliphatic rings. The van der Waals surface area contributed by atoms with Crippen LogP contribution in [-0.2, 0) is 4.79 Å². The van der Waals surface area contributed by atoms with E-state index < -0.39 is 28.9 Å². The Morgan fingerprint density at radius 2 is 1.81 bits per heavy atom. The van der Waals surface area contributed by atoms with Crippen LogP contribution in [0.1, 0.15) is 36.0 Å². The summed E-state index contributed by atoms with van der Waals surface area (Å²) in [4.78, 5) is 23.3. The van der Waals surface area contributed by atoms with E-state index in [0.29, 0.717) is 25.0 Å². The quantitative estimate of drug-likeness (QED) is 0.839. The number of halogens is 3. The Labute approximate surface area is 125 Å². The third kappa shape index (κ3) is 3.15. The monoisotopic (exact) mass is 317 g/mol. The van der Waals surface area contributed by atoms with Gasteiger partial charge in [0.25, 0.3) is 5.91 Å². The highest BCUT2D eigenvalue weighted by molar-refractivity contribution is 6.33. The van der Waals surface area contributed by atoms with Crippen LogP contribution in [0.2, 0.25) is 5.02 Å². The molecule has 0 aliphatic heterocycles. The number of carboxylic acid groups (broad SMARTS) is 1. The lowest BCUT2D eigenvalue weighted by Gasteiger charge is -2.24. The number of amides is 1. The SMILES string of the molecule is O=C(NCC1(C(=O)O)CCCC1)c1cc(F)c(F)cc1Cl. The maximum Gasteiger partial charge on any atom is 0.311 e. The van der Waals surface area contributed by atoms with Crippen molar-refractivity contribution in [1.29, 1.82) is 0 Å². The van der Waals surface area contributed by atoms with Gasteiger partial charge in [0.05, 0.1) is 16.0 Å². The van der Waals surface area contributed by atoms with Gasteiger partial charge in [0, 0.05) is 6.54 Å². The van der Waals surface area contributed by atoms with Gasteiger partial charge in [-0.15, -0.1) is 0 Å². The second-order valence-electron chi connectivity index (χ2n) is 5.22. The largest absolute Gasteiger partial charge is 0.481 e. The highest BCUT2D eigenvalue weighted by atomic mass is 35.5. The van der Waals surface area contributed by atoms with Gasteiger partial charge in [-0.1, -0.05) is 24.4 Å². The van der Waals surface area contributed by atoms with Gasteiger partial charge in [0.15, 0.2) is 11.6 Å². The van der Waals surface area contributed by atoms with Gasteiger partial charge in [-0.05, 0) is 25.0 Å². The summed E-state index contributed by atoms with van der Waals surface area (Å²) in [6, 6.07) is 1.42. The molecule has 1 amide bonds. The van der Waals surface area contributed by atoms with E-state index in [0.717, 1.165) is 12.8 Å². The maximum absolute atomic E-state index is 13.2. The lowest BCUT2D eigenvalue weighted by atomic mass is 9.86. The van der Waals surface area contributed by atoms with Crippen molar-refractivity contribution in [1.82, 2.24) is 5.32 Å². The van der Waals surface area contributed by atoms with Gasteiger partial charge in [-0.2, -0.15) is 0 Å². The molecule has 2 rings (SSSR count). The molecule has 2 N–H and O–H groups in total. The molecule has 114 valence electrons. The van der Waals surface area contributed by atoms with Gasteiger partial charge in [0.2, 0.25) is 0 Å². The third-order valence-electron chi connectivity index (χ3n) is 3.86. The van der Waals surface area contributed by atoms with Crippen molar-refractivity contribution in [2.24, 2.45) is 5.41 Å². The second kappa shape index (κ2) is 5.97. The summed E-state index contributed by atoms with van der Waals surface area (Å²) in [5.41, 5.74) is -1.20. The van der Waals surface area contributed by atoms with Crippen LogP contribution in [0, 0.1) is 17.0 Å². The number of hydrogen-bond acceptors (Lipinski definition) is 2. The fourth-order valence-electron chi connectivity index (χ4n) is 2.56. The maximum atomic E-state index is 13.2. The zero-order chi connectivity index (χ0) is 15.6. The average molecular weight is 318 g/mol. The molecule has 1 aromatic carbocycles. The van der Waals surface area contributed by atoms with Gasteiger partial charge < -0.3 is 10.4 Å². The summed E-state index contributed by atoms with van der Waals surface area (Å²) < 4.78 is 26.1. The number of carbonyl (C=O) groups excluding carboxylic acids is 1. The number of carboxylic acids is 1. The number of aliphatic carboxylic acids is 1. The first-order valence-electron chi connectivity index (χ1n) is 6.52. The van der Waals surface area contributed by atoms with Crippen molar-refractivity contribution in [2.45, 2.75) is 25.7 Å². The molecule has 0 spiro atoms. The molecule has 0 saturated heterocycles. The molecule has 0 aromatic heterocycles. The summed E-state index contributed by atoms with van der Waals surface area (Å²) >= 11 is 5.71. The molecule has 4 nitrogen and oxygen atoms in total. The summed E-state index contributed by atoms with van der Waals surface area (Å²) in [6.45, 7) is -0.0590. The molecule has 1 fully saturated rings. The predicted molar refractivity (Wildman–Crippen MR) is 72.2 cm³/mol. The smallest absolute Gasteiger partial charge is 0.311 e. The van der Waals surface area contributed by atoms with Crippen molar-refractivity contribution in [2.75, 3.05) is 6.54 Å². The fourth-order valence-corrected chi connectivity index (χ4v) is 2.80. The Morgan fingerprint density at radius 1 is 1.24 bits per heavy atom. The van der Waals surface area contributed by atoms with Crippen LogP contribution >= 0.6 is 11.6 Å². The van der Waals surface area contributed by atoms with Crippen LogP contribution in [0.4, 0.5) is 8.78 Å². The van der Waals surface area contributed by atoms with Crippen molar-refractivity contribution in [3.63, 3.8) is 0 Å². The summed E-state index contributed by atoms with van der Waals surface area (Å²) in [7, 11) is 0. The van der Waals surface area contributed by atoms with E-state index in [9.17, 15) is 23.5 Å². The Morgan fingerprint density at radius 3 is 2.38 bits per heavy atom. The van der Waals surface area contributed by atoms with Crippen molar-refractivity contribution in [3.8, 4) is 0 Å². The lowest BCUT2D eigenvalue weighted by molar-refractivity contribution is -0.148. The molecule has 0 radical (unpaired) electrons. The molecule has 0 bridgehead atoms. The normalized spacial score (nSPS) is 16.7. The van der Waals surface area contributed by atoms with Crippen LogP contribution in [-0.4, -0.2) is 23.5 Å². The standard InChI is InChI=1S/C14H14ClF2NO3/c15-9-6-11(17)10(16)5-8(9)12(19)18-7-14(13(20)21)3-1-2-4-14/h5-6H,1-4,7H2,(H,18,19)(H,20,21). The number of hydrogen-bond donors (Lipinski definition) is 2. The molecule has 1 aliphatic carbocycles. The molecule has 0 unspecified atom stereocenters. The Hall–Kier alpha value is -1.69. The van der Waals surface area contributed by atoms with E-state index in [1.807, 2.05) is 0 Å². The summed E-state index contributed by atoms with van der Waals surface area (Å²) in [6.07, 6.45) is 2.53. The molecule has 21 heavy (non-hydrogen) atoms. The van der Waals surface area contributed by atoms with Gasteiger partial charge in [0.1, 0.15) is 0 Å². The van der Waals surface area contributed by atoms with Gasteiger partial charge in [-0.3, -0.25) is 9.59 Å². The Balaban J connectivity index is 2.12. The van der Waals surface area contributed by atoms with E-state index in [2.05, 4.69) is 5.32 Å². The summed E-state index contributed by atoms with van der Waals surface area (Å²) in [5, 5.41) is 11.5. The van der Waals surface area contributed by atoms with E-state index in [4.69, 9.17) is 11.6 Å². The number of nitrogens with one attached hydrogen (secondary N) is 1.